The molecule has 0 spiro atoms. The lowest BCUT2D eigenvalue weighted by molar-refractivity contribution is -0.181. The summed E-state index contributed by atoms with van der Waals surface area (Å²) in [5, 5.41) is 3.72. The molecule has 1 N–H and O–H groups in total. The summed E-state index contributed by atoms with van der Waals surface area (Å²) in [6.07, 6.45) is 11.4. The lowest BCUT2D eigenvalue weighted by Crippen LogP contribution is -2.63. The van der Waals surface area contributed by atoms with Gasteiger partial charge < -0.3 is 29.0 Å². The van der Waals surface area contributed by atoms with Crippen molar-refractivity contribution in [2.45, 2.75) is 102 Å². The van der Waals surface area contributed by atoms with Gasteiger partial charge in [-0.3, -0.25) is 0 Å². The Balaban J connectivity index is 0.900. The van der Waals surface area contributed by atoms with E-state index in [9.17, 15) is 0 Å². The quantitative estimate of drug-likeness (QED) is 0.130. The van der Waals surface area contributed by atoms with Crippen LogP contribution in [-0.4, -0.2) is 57.3 Å². The molecule has 49 heavy (non-hydrogen) atoms. The first kappa shape index (κ1) is 34.9. The molecule has 6 heteroatoms. The molecule has 264 valence electrons. The lowest BCUT2D eigenvalue weighted by Gasteiger charge is -2.56. The first-order valence-electron chi connectivity index (χ1n) is 19.1. The number of hydrogen-bond acceptors (Lipinski definition) is 6. The molecule has 0 unspecified atom stereocenters. The molecular formula is C43H57NO5. The molecule has 0 radical (unpaired) electrons. The zero-order valence-corrected chi connectivity index (χ0v) is 29.3. The van der Waals surface area contributed by atoms with Gasteiger partial charge in [0.1, 0.15) is 12.2 Å². The van der Waals surface area contributed by atoms with Crippen molar-refractivity contribution in [1.82, 2.24) is 5.32 Å². The number of ether oxygens (including phenoxy) is 5. The van der Waals surface area contributed by atoms with Crippen LogP contribution < -0.4 is 5.32 Å². The fourth-order valence-corrected chi connectivity index (χ4v) is 9.52. The Morgan fingerprint density at radius 3 is 1.59 bits per heavy atom. The van der Waals surface area contributed by atoms with E-state index in [1.165, 1.54) is 38.5 Å². The summed E-state index contributed by atoms with van der Waals surface area (Å²) in [7, 11) is 0. The van der Waals surface area contributed by atoms with Crippen molar-refractivity contribution in [3.63, 3.8) is 0 Å². The van der Waals surface area contributed by atoms with E-state index < -0.39 is 0 Å². The highest BCUT2D eigenvalue weighted by atomic mass is 16.6. The highest BCUT2D eigenvalue weighted by molar-refractivity contribution is 5.16. The van der Waals surface area contributed by atoms with Crippen LogP contribution in [-0.2, 0) is 43.5 Å². The molecular weight excluding hydrogens is 610 g/mol. The standard InChI is InChI=1S/C43H57NO5/c1-5-13-33(14-6-1)28-47-40-27-44-39(41(48-29-34-15-7-2-8-16-34)42(40)49-30-35-17-9-3-10-18-35)31-45-19-11-4-12-20-46-32-43-24-36-21-37(25-43)23-38(22-36)26-43/h1-3,5-10,13-18,36-42,44H,4,11-12,19-32H2/t36?,37?,38?,39-,40+,41-,42-,43?/m1/s1. The molecule has 8 rings (SSSR count). The van der Waals surface area contributed by atoms with E-state index in [0.717, 1.165) is 73.5 Å². The summed E-state index contributed by atoms with van der Waals surface area (Å²) in [6, 6.07) is 31.1. The van der Waals surface area contributed by atoms with Gasteiger partial charge in [0.05, 0.1) is 45.2 Å². The Bertz CT molecular complexity index is 1340. The second-order valence-corrected chi connectivity index (χ2v) is 15.5. The molecule has 4 bridgehead atoms. The van der Waals surface area contributed by atoms with Crippen LogP contribution >= 0.6 is 0 Å². The van der Waals surface area contributed by atoms with Crippen LogP contribution in [0.1, 0.15) is 74.5 Å². The van der Waals surface area contributed by atoms with Crippen LogP contribution in [0.2, 0.25) is 0 Å². The van der Waals surface area contributed by atoms with E-state index in [4.69, 9.17) is 23.7 Å². The van der Waals surface area contributed by atoms with Gasteiger partial charge in [0.25, 0.3) is 0 Å². The fraction of sp³-hybridized carbons (Fsp3) is 0.581. The van der Waals surface area contributed by atoms with E-state index in [1.807, 2.05) is 18.2 Å². The normalized spacial score (nSPS) is 30.5. The third-order valence-electron chi connectivity index (χ3n) is 11.5. The summed E-state index contributed by atoms with van der Waals surface area (Å²) in [4.78, 5) is 0. The average molecular weight is 668 g/mol. The maximum Gasteiger partial charge on any atom is 0.113 e. The zero-order valence-electron chi connectivity index (χ0n) is 29.3. The average Bonchev–Trinajstić information content (AvgIpc) is 3.13. The maximum absolute atomic E-state index is 6.71. The molecule has 5 aliphatic rings. The van der Waals surface area contributed by atoms with Gasteiger partial charge in [-0.1, -0.05) is 91.0 Å². The highest BCUT2D eigenvalue weighted by Crippen LogP contribution is 2.60. The van der Waals surface area contributed by atoms with E-state index in [0.29, 0.717) is 38.4 Å². The molecule has 0 aromatic heterocycles. The van der Waals surface area contributed by atoms with Gasteiger partial charge >= 0.3 is 0 Å². The summed E-state index contributed by atoms with van der Waals surface area (Å²) < 4.78 is 32.6. The van der Waals surface area contributed by atoms with Gasteiger partial charge in [0.2, 0.25) is 0 Å². The largest absolute Gasteiger partial charge is 0.381 e. The van der Waals surface area contributed by atoms with Crippen LogP contribution in [0.3, 0.4) is 0 Å². The number of piperidine rings is 1. The van der Waals surface area contributed by atoms with E-state index in [2.05, 4.69) is 78.1 Å². The minimum atomic E-state index is -0.256. The third kappa shape index (κ3) is 9.81. The summed E-state index contributed by atoms with van der Waals surface area (Å²) >= 11 is 0. The Morgan fingerprint density at radius 2 is 1.04 bits per heavy atom. The predicted molar refractivity (Wildman–Crippen MR) is 193 cm³/mol. The Hall–Kier alpha value is -2.58. The van der Waals surface area contributed by atoms with E-state index in [-0.39, 0.29) is 24.4 Å². The van der Waals surface area contributed by atoms with Crippen molar-refractivity contribution < 1.29 is 23.7 Å². The molecule has 4 saturated carbocycles. The maximum atomic E-state index is 6.71. The fourth-order valence-electron chi connectivity index (χ4n) is 9.52. The molecule has 5 fully saturated rings. The zero-order chi connectivity index (χ0) is 33.1. The Morgan fingerprint density at radius 1 is 0.551 bits per heavy atom. The second kappa shape index (κ2) is 17.6. The molecule has 0 amide bonds. The minimum Gasteiger partial charge on any atom is -0.381 e. The van der Waals surface area contributed by atoms with E-state index in [1.54, 1.807) is 0 Å². The molecule has 1 heterocycles. The molecule has 6 nitrogen and oxygen atoms in total. The van der Waals surface area contributed by atoms with Crippen molar-refractivity contribution in [3.05, 3.63) is 108 Å². The second-order valence-electron chi connectivity index (χ2n) is 15.5. The predicted octanol–water partition coefficient (Wildman–Crippen LogP) is 8.13. The van der Waals surface area contributed by atoms with Crippen molar-refractivity contribution >= 4 is 0 Å². The number of unbranched alkanes of at least 4 members (excludes halogenated alkanes) is 2. The van der Waals surface area contributed by atoms with Crippen molar-refractivity contribution in [1.29, 1.82) is 0 Å². The summed E-state index contributed by atoms with van der Waals surface area (Å²) in [5.74, 6) is 2.98. The number of hydrogen-bond donors (Lipinski definition) is 1. The van der Waals surface area contributed by atoms with Crippen molar-refractivity contribution in [3.8, 4) is 0 Å². The summed E-state index contributed by atoms with van der Waals surface area (Å²) in [6.45, 7) is 5.38. The SMILES string of the molecule is c1ccc(CO[C@H]2[C@H](OCc3ccccc3)[C@@H](COCCCCCOCC34CC5CC(CC(C5)C3)C4)NC[C@@H]2OCc2ccccc2)cc1. The minimum absolute atomic E-state index is 0.00956. The van der Waals surface area contributed by atoms with Gasteiger partial charge in [-0.25, -0.2) is 0 Å². The lowest BCUT2D eigenvalue weighted by atomic mass is 9.50. The van der Waals surface area contributed by atoms with Gasteiger partial charge in [0, 0.05) is 19.8 Å². The summed E-state index contributed by atoms with van der Waals surface area (Å²) in [5.41, 5.74) is 3.94. The van der Waals surface area contributed by atoms with Crippen molar-refractivity contribution in [2.24, 2.45) is 23.2 Å². The van der Waals surface area contributed by atoms with Crippen LogP contribution in [0.4, 0.5) is 0 Å². The molecule has 1 aliphatic heterocycles. The first-order chi connectivity index (χ1) is 24.2. The van der Waals surface area contributed by atoms with Crippen molar-refractivity contribution in [2.75, 3.05) is 33.0 Å². The van der Waals surface area contributed by atoms with Crippen LogP contribution in [0.5, 0.6) is 0 Å². The first-order valence-corrected chi connectivity index (χ1v) is 19.1. The van der Waals surface area contributed by atoms with E-state index >= 15 is 0 Å². The van der Waals surface area contributed by atoms with Gasteiger partial charge in [-0.15, -0.1) is 0 Å². The molecule has 3 aromatic rings. The molecule has 4 aliphatic carbocycles. The topological polar surface area (TPSA) is 58.2 Å². The molecule has 1 saturated heterocycles. The van der Waals surface area contributed by atoms with Gasteiger partial charge in [0.15, 0.2) is 0 Å². The highest BCUT2D eigenvalue weighted by Gasteiger charge is 2.51. The number of nitrogens with one attached hydrogen (secondary N) is 1. The Labute approximate surface area is 294 Å². The molecule has 4 atom stereocenters. The number of rotatable bonds is 19. The van der Waals surface area contributed by atoms with Gasteiger partial charge in [-0.2, -0.15) is 0 Å². The monoisotopic (exact) mass is 667 g/mol. The van der Waals surface area contributed by atoms with Crippen LogP contribution in [0, 0.1) is 23.2 Å². The molecule has 3 aromatic carbocycles. The Kier molecular flexibility index (Phi) is 12.5. The van der Waals surface area contributed by atoms with Crippen LogP contribution in [0.25, 0.3) is 0 Å². The smallest absolute Gasteiger partial charge is 0.113 e. The third-order valence-corrected chi connectivity index (χ3v) is 11.5. The van der Waals surface area contributed by atoms with Crippen LogP contribution in [0.15, 0.2) is 91.0 Å². The van der Waals surface area contributed by atoms with Gasteiger partial charge in [-0.05, 0) is 97.6 Å². The number of benzene rings is 3.